The van der Waals surface area contributed by atoms with E-state index < -0.39 is 24.0 Å². The molecular formula is C14H18N2O5S2. The summed E-state index contributed by atoms with van der Waals surface area (Å²) < 4.78 is 0. The van der Waals surface area contributed by atoms with Crippen molar-refractivity contribution >= 4 is 39.4 Å². The van der Waals surface area contributed by atoms with Gasteiger partial charge in [-0.3, -0.25) is 9.59 Å². The molecule has 0 aliphatic heterocycles. The highest BCUT2D eigenvalue weighted by atomic mass is 33.1. The first kappa shape index (κ1) is 19.3. The lowest BCUT2D eigenvalue weighted by Gasteiger charge is -2.14. The van der Waals surface area contributed by atoms with Crippen molar-refractivity contribution < 1.29 is 24.6 Å². The molecule has 2 unspecified atom stereocenters. The average molecular weight is 358 g/mol. The van der Waals surface area contributed by atoms with E-state index in [0.717, 1.165) is 27.2 Å². The quantitative estimate of drug-likeness (QED) is 0.353. The first-order valence-electron chi connectivity index (χ1n) is 6.69. The van der Waals surface area contributed by atoms with Gasteiger partial charge in [0.15, 0.2) is 0 Å². The van der Waals surface area contributed by atoms with Crippen LogP contribution in [0.25, 0.3) is 0 Å². The van der Waals surface area contributed by atoms with E-state index in [1.54, 1.807) is 24.3 Å². The first-order chi connectivity index (χ1) is 10.9. The molecule has 0 spiro atoms. The topological polar surface area (TPSA) is 130 Å². The Labute approximate surface area is 141 Å². The van der Waals surface area contributed by atoms with Gasteiger partial charge in [0.2, 0.25) is 5.91 Å². The maximum absolute atomic E-state index is 11.9. The van der Waals surface area contributed by atoms with E-state index >= 15 is 0 Å². The number of nitrogens with one attached hydrogen (secondary N) is 1. The molecule has 0 aliphatic carbocycles. The molecule has 23 heavy (non-hydrogen) atoms. The van der Waals surface area contributed by atoms with E-state index in [9.17, 15) is 14.4 Å². The first-order valence-corrected chi connectivity index (χ1v) is 9.18. The lowest BCUT2D eigenvalue weighted by atomic mass is 10.1. The SMILES string of the molecule is NC(CSSCC(NC(=O)Cc1ccccc1)C(=O)O)C(=O)O. The molecule has 1 aromatic rings. The van der Waals surface area contributed by atoms with Gasteiger partial charge in [0.05, 0.1) is 6.42 Å². The molecule has 2 atom stereocenters. The second-order valence-corrected chi connectivity index (χ2v) is 7.19. The molecule has 0 saturated carbocycles. The molecule has 0 saturated heterocycles. The highest BCUT2D eigenvalue weighted by molar-refractivity contribution is 8.76. The number of carbonyl (C=O) groups excluding carboxylic acids is 1. The van der Waals surface area contributed by atoms with Crippen LogP contribution in [0, 0.1) is 0 Å². The van der Waals surface area contributed by atoms with Crippen LogP contribution in [0.2, 0.25) is 0 Å². The Bertz CT molecular complexity index is 541. The third-order valence-electron chi connectivity index (χ3n) is 2.72. The maximum atomic E-state index is 11.9. The van der Waals surface area contributed by atoms with Crippen LogP contribution in [0.3, 0.4) is 0 Å². The Morgan fingerprint density at radius 3 is 2.22 bits per heavy atom. The fourth-order valence-corrected chi connectivity index (χ4v) is 3.78. The molecular weight excluding hydrogens is 340 g/mol. The number of aliphatic carboxylic acids is 2. The third-order valence-corrected chi connectivity index (χ3v) is 5.17. The van der Waals surface area contributed by atoms with Gasteiger partial charge in [0, 0.05) is 11.5 Å². The van der Waals surface area contributed by atoms with Gasteiger partial charge in [0.1, 0.15) is 12.1 Å². The van der Waals surface area contributed by atoms with Crippen LogP contribution in [0.4, 0.5) is 0 Å². The van der Waals surface area contributed by atoms with E-state index in [1.807, 2.05) is 6.07 Å². The number of hydrogen-bond donors (Lipinski definition) is 4. The summed E-state index contributed by atoms with van der Waals surface area (Å²) in [5, 5.41) is 20.2. The fraction of sp³-hybridized carbons (Fsp3) is 0.357. The van der Waals surface area contributed by atoms with E-state index in [0.29, 0.717) is 0 Å². The van der Waals surface area contributed by atoms with Gasteiger partial charge in [-0.15, -0.1) is 0 Å². The predicted octanol–water partition coefficient (Wildman–Crippen LogP) is 0.592. The lowest BCUT2D eigenvalue weighted by Crippen LogP contribution is -2.43. The third kappa shape index (κ3) is 7.91. The number of carboxylic acids is 2. The lowest BCUT2D eigenvalue weighted by molar-refractivity contribution is -0.141. The molecule has 1 rings (SSSR count). The molecule has 5 N–H and O–H groups in total. The molecule has 9 heteroatoms. The summed E-state index contributed by atoms with van der Waals surface area (Å²) in [6, 6.07) is 6.97. The number of carboxylic acid groups (broad SMARTS) is 2. The number of hydrogen-bond acceptors (Lipinski definition) is 6. The van der Waals surface area contributed by atoms with Gasteiger partial charge in [-0.05, 0) is 5.56 Å². The normalized spacial score (nSPS) is 13.1. The van der Waals surface area contributed by atoms with E-state index in [2.05, 4.69) is 5.32 Å². The van der Waals surface area contributed by atoms with Crippen molar-refractivity contribution in [3.05, 3.63) is 35.9 Å². The summed E-state index contributed by atoms with van der Waals surface area (Å²) in [5.74, 6) is -2.35. The minimum Gasteiger partial charge on any atom is -0.480 e. The second-order valence-electron chi connectivity index (χ2n) is 4.63. The van der Waals surface area contributed by atoms with Crippen molar-refractivity contribution in [1.29, 1.82) is 0 Å². The maximum Gasteiger partial charge on any atom is 0.327 e. The summed E-state index contributed by atoms with van der Waals surface area (Å²) in [5.41, 5.74) is 6.14. The summed E-state index contributed by atoms with van der Waals surface area (Å²) in [4.78, 5) is 33.6. The largest absolute Gasteiger partial charge is 0.480 e. The predicted molar refractivity (Wildman–Crippen MR) is 90.2 cm³/mol. The van der Waals surface area contributed by atoms with Crippen molar-refractivity contribution in [3.63, 3.8) is 0 Å². The van der Waals surface area contributed by atoms with Gasteiger partial charge in [-0.2, -0.15) is 0 Å². The van der Waals surface area contributed by atoms with Crippen LogP contribution in [0.1, 0.15) is 5.56 Å². The highest BCUT2D eigenvalue weighted by Crippen LogP contribution is 2.22. The molecule has 0 heterocycles. The minimum atomic E-state index is -1.14. The number of carbonyl (C=O) groups is 3. The highest BCUT2D eigenvalue weighted by Gasteiger charge is 2.20. The monoisotopic (exact) mass is 358 g/mol. The van der Waals surface area contributed by atoms with Gasteiger partial charge in [0.25, 0.3) is 0 Å². The van der Waals surface area contributed by atoms with Crippen molar-refractivity contribution in [2.75, 3.05) is 11.5 Å². The van der Waals surface area contributed by atoms with Crippen molar-refractivity contribution in [1.82, 2.24) is 5.32 Å². The van der Waals surface area contributed by atoms with Crippen molar-refractivity contribution in [2.45, 2.75) is 18.5 Å². The molecule has 0 fully saturated rings. The summed E-state index contributed by atoms with van der Waals surface area (Å²) in [7, 11) is 2.32. The number of amides is 1. The van der Waals surface area contributed by atoms with Gasteiger partial charge < -0.3 is 21.3 Å². The second kappa shape index (κ2) is 10.1. The smallest absolute Gasteiger partial charge is 0.327 e. The van der Waals surface area contributed by atoms with E-state index in [1.165, 1.54) is 0 Å². The Kier molecular flexibility index (Phi) is 8.52. The molecule has 1 aromatic carbocycles. The zero-order valence-corrected chi connectivity index (χ0v) is 13.8. The standard InChI is InChI=1S/C14H18N2O5S2/c15-10(13(18)19)7-22-23-8-11(14(20)21)16-12(17)6-9-4-2-1-3-5-9/h1-5,10-11H,6-8,15H2,(H,16,17)(H,18,19)(H,20,21). The van der Waals surface area contributed by atoms with E-state index in [4.69, 9.17) is 15.9 Å². The van der Waals surface area contributed by atoms with Gasteiger partial charge >= 0.3 is 11.9 Å². The molecule has 1 amide bonds. The van der Waals surface area contributed by atoms with Gasteiger partial charge in [-0.1, -0.05) is 51.9 Å². The molecule has 0 bridgehead atoms. The summed E-state index contributed by atoms with van der Waals surface area (Å²) in [6.07, 6.45) is 0.103. The van der Waals surface area contributed by atoms with Crippen LogP contribution in [0.5, 0.6) is 0 Å². The van der Waals surface area contributed by atoms with Crippen LogP contribution < -0.4 is 11.1 Å². The molecule has 0 aromatic heterocycles. The Morgan fingerprint density at radius 1 is 1.04 bits per heavy atom. The van der Waals surface area contributed by atoms with E-state index in [-0.39, 0.29) is 23.8 Å². The number of nitrogens with two attached hydrogens (primary N) is 1. The zero-order chi connectivity index (χ0) is 17.2. The van der Waals surface area contributed by atoms with Crippen LogP contribution in [-0.2, 0) is 20.8 Å². The Balaban J connectivity index is 2.38. The molecule has 0 aliphatic rings. The molecule has 7 nitrogen and oxygen atoms in total. The zero-order valence-electron chi connectivity index (χ0n) is 12.2. The molecule has 126 valence electrons. The van der Waals surface area contributed by atoms with Crippen LogP contribution in [0.15, 0.2) is 30.3 Å². The van der Waals surface area contributed by atoms with Crippen LogP contribution >= 0.6 is 21.6 Å². The fourth-order valence-electron chi connectivity index (χ4n) is 1.51. The molecule has 0 radical (unpaired) electrons. The number of benzene rings is 1. The Hall–Kier alpha value is -1.71. The summed E-state index contributed by atoms with van der Waals surface area (Å²) in [6.45, 7) is 0. The number of rotatable bonds is 10. The average Bonchev–Trinajstić information content (AvgIpc) is 2.50. The minimum absolute atomic E-state index is 0.103. The van der Waals surface area contributed by atoms with Crippen molar-refractivity contribution in [2.24, 2.45) is 5.73 Å². The van der Waals surface area contributed by atoms with Crippen molar-refractivity contribution in [3.8, 4) is 0 Å². The van der Waals surface area contributed by atoms with Gasteiger partial charge in [-0.25, -0.2) is 4.79 Å². The Morgan fingerprint density at radius 2 is 1.65 bits per heavy atom. The summed E-state index contributed by atoms with van der Waals surface area (Å²) >= 11 is 0. The van der Waals surface area contributed by atoms with Crippen LogP contribution in [-0.4, -0.2) is 51.6 Å².